The second-order valence-electron chi connectivity index (χ2n) is 2.92. The van der Waals surface area contributed by atoms with Gasteiger partial charge >= 0.3 is 0 Å². The Morgan fingerprint density at radius 1 is 1.56 bits per heavy atom. The quantitative estimate of drug-likeness (QED) is 0.627. The van der Waals surface area contributed by atoms with E-state index in [1.807, 2.05) is 0 Å². The fourth-order valence-electron chi connectivity index (χ4n) is 0.956. The number of sulfonamides is 1. The molecule has 0 saturated heterocycles. The summed E-state index contributed by atoms with van der Waals surface area (Å²) in [5.74, 6) is 0. The van der Waals surface area contributed by atoms with Gasteiger partial charge in [-0.15, -0.1) is 0 Å². The van der Waals surface area contributed by atoms with E-state index in [2.05, 4.69) is 25.6 Å². The summed E-state index contributed by atoms with van der Waals surface area (Å²) in [5, 5.41) is 8.47. The van der Waals surface area contributed by atoms with Gasteiger partial charge in [-0.1, -0.05) is 11.6 Å². The molecule has 0 spiro atoms. The van der Waals surface area contributed by atoms with Crippen molar-refractivity contribution in [1.29, 1.82) is 0 Å². The van der Waals surface area contributed by atoms with Gasteiger partial charge < -0.3 is 5.11 Å². The van der Waals surface area contributed by atoms with Gasteiger partial charge in [-0.05, 0) is 28.4 Å². The number of pyridine rings is 1. The fourth-order valence-corrected chi connectivity index (χ4v) is 2.97. The first-order valence-corrected chi connectivity index (χ1v) is 7.04. The third-order valence-corrected chi connectivity index (χ3v) is 4.01. The van der Waals surface area contributed by atoms with Gasteiger partial charge in [-0.3, -0.25) is 0 Å². The van der Waals surface area contributed by atoms with Crippen molar-refractivity contribution in [3.8, 4) is 0 Å². The number of hydrogen-bond donors (Lipinski definition) is 2. The summed E-state index contributed by atoms with van der Waals surface area (Å²) < 4.78 is 26.3. The SMILES string of the molecule is O=S(=O)(NCCCO)c1cc(Br)cnc1Cl. The molecule has 2 N–H and O–H groups in total. The summed E-state index contributed by atoms with van der Waals surface area (Å²) in [7, 11) is -3.67. The second-order valence-corrected chi connectivity index (χ2v) is 5.93. The van der Waals surface area contributed by atoms with Gasteiger partial charge in [0, 0.05) is 23.8 Å². The maximum Gasteiger partial charge on any atom is 0.243 e. The summed E-state index contributed by atoms with van der Waals surface area (Å²) in [5.41, 5.74) is 0. The van der Waals surface area contributed by atoms with Gasteiger partial charge in [0.2, 0.25) is 10.0 Å². The minimum atomic E-state index is -3.67. The summed E-state index contributed by atoms with van der Waals surface area (Å²) in [6.07, 6.45) is 1.76. The van der Waals surface area contributed by atoms with Crippen molar-refractivity contribution in [3.63, 3.8) is 0 Å². The first-order valence-electron chi connectivity index (χ1n) is 4.39. The Balaban J connectivity index is 2.93. The average Bonchev–Trinajstić information content (AvgIpc) is 2.22. The molecule has 90 valence electrons. The average molecular weight is 330 g/mol. The molecule has 0 bridgehead atoms. The Morgan fingerprint density at radius 2 is 2.25 bits per heavy atom. The van der Waals surface area contributed by atoms with Crippen LogP contribution in [-0.2, 0) is 10.0 Å². The molecule has 1 aromatic heterocycles. The Kier molecular flexibility index (Phi) is 5.13. The highest BCUT2D eigenvalue weighted by Crippen LogP contribution is 2.22. The van der Waals surface area contributed by atoms with Crippen LogP contribution in [-0.4, -0.2) is 31.7 Å². The number of aromatic nitrogens is 1. The Morgan fingerprint density at radius 3 is 2.88 bits per heavy atom. The van der Waals surface area contributed by atoms with Crippen molar-refractivity contribution in [3.05, 3.63) is 21.9 Å². The normalized spacial score (nSPS) is 11.7. The number of hydrogen-bond acceptors (Lipinski definition) is 4. The first kappa shape index (κ1) is 13.9. The van der Waals surface area contributed by atoms with Crippen LogP contribution in [0.15, 0.2) is 21.6 Å². The van der Waals surface area contributed by atoms with Crippen molar-refractivity contribution >= 4 is 37.6 Å². The lowest BCUT2D eigenvalue weighted by Crippen LogP contribution is -2.25. The predicted molar refractivity (Wildman–Crippen MR) is 63.8 cm³/mol. The molecule has 1 heterocycles. The minimum absolute atomic E-state index is 0.0764. The monoisotopic (exact) mass is 328 g/mol. The number of halogens is 2. The molecule has 0 saturated carbocycles. The van der Waals surface area contributed by atoms with E-state index in [0.29, 0.717) is 10.9 Å². The molecule has 0 aliphatic heterocycles. The van der Waals surface area contributed by atoms with E-state index in [0.717, 1.165) is 0 Å². The van der Waals surface area contributed by atoms with E-state index in [1.54, 1.807) is 0 Å². The molecule has 1 rings (SSSR count). The number of nitrogens with one attached hydrogen (secondary N) is 1. The zero-order valence-corrected chi connectivity index (χ0v) is 11.3. The number of aliphatic hydroxyl groups is 1. The number of nitrogens with zero attached hydrogens (tertiary/aromatic N) is 1. The molecule has 16 heavy (non-hydrogen) atoms. The zero-order chi connectivity index (χ0) is 12.2. The Bertz CT molecular complexity index is 466. The molecule has 0 amide bonds. The smallest absolute Gasteiger partial charge is 0.243 e. The van der Waals surface area contributed by atoms with Crippen molar-refractivity contribution in [2.24, 2.45) is 0 Å². The lowest BCUT2D eigenvalue weighted by molar-refractivity contribution is 0.289. The molecule has 0 unspecified atom stereocenters. The van der Waals surface area contributed by atoms with Crippen LogP contribution < -0.4 is 4.72 Å². The Labute approximate surface area is 107 Å². The van der Waals surface area contributed by atoms with Gasteiger partial charge in [0.1, 0.15) is 10.0 Å². The van der Waals surface area contributed by atoms with Crippen LogP contribution in [0, 0.1) is 0 Å². The summed E-state index contributed by atoms with van der Waals surface area (Å²) in [6, 6.07) is 1.37. The highest BCUT2D eigenvalue weighted by atomic mass is 79.9. The van der Waals surface area contributed by atoms with E-state index in [-0.39, 0.29) is 23.2 Å². The van der Waals surface area contributed by atoms with Crippen LogP contribution in [0.1, 0.15) is 6.42 Å². The van der Waals surface area contributed by atoms with E-state index in [9.17, 15) is 8.42 Å². The maximum atomic E-state index is 11.7. The molecule has 0 aliphatic carbocycles. The van der Waals surface area contributed by atoms with Crippen molar-refractivity contribution in [1.82, 2.24) is 9.71 Å². The zero-order valence-electron chi connectivity index (χ0n) is 8.15. The van der Waals surface area contributed by atoms with E-state index in [1.165, 1.54) is 12.3 Å². The molecule has 1 aromatic rings. The standard InChI is InChI=1S/C8H10BrClN2O3S/c9-6-4-7(8(10)11-5-6)16(14,15)12-2-1-3-13/h4-5,12-13H,1-3H2. The highest BCUT2D eigenvalue weighted by Gasteiger charge is 2.18. The number of aliphatic hydroxyl groups excluding tert-OH is 1. The Hall–Kier alpha value is -0.210. The lowest BCUT2D eigenvalue weighted by Gasteiger charge is -2.07. The molecule has 8 heteroatoms. The first-order chi connectivity index (χ1) is 7.47. The molecule has 0 radical (unpaired) electrons. The van der Waals surface area contributed by atoms with Crippen LogP contribution in [0.2, 0.25) is 5.15 Å². The molecule has 0 fully saturated rings. The molecule has 5 nitrogen and oxygen atoms in total. The minimum Gasteiger partial charge on any atom is -0.396 e. The fraction of sp³-hybridized carbons (Fsp3) is 0.375. The summed E-state index contributed by atoms with van der Waals surface area (Å²) in [6.45, 7) is 0.0780. The van der Waals surface area contributed by atoms with Gasteiger partial charge in [0.15, 0.2) is 0 Å². The van der Waals surface area contributed by atoms with Crippen LogP contribution in [0.4, 0.5) is 0 Å². The van der Waals surface area contributed by atoms with Gasteiger partial charge in [-0.25, -0.2) is 18.1 Å². The van der Waals surface area contributed by atoms with Crippen molar-refractivity contribution in [2.75, 3.05) is 13.2 Å². The van der Waals surface area contributed by atoms with Crippen LogP contribution in [0.25, 0.3) is 0 Å². The highest BCUT2D eigenvalue weighted by molar-refractivity contribution is 9.10. The summed E-state index contributed by atoms with van der Waals surface area (Å²) in [4.78, 5) is 3.64. The van der Waals surface area contributed by atoms with Crippen LogP contribution >= 0.6 is 27.5 Å². The summed E-state index contributed by atoms with van der Waals surface area (Å²) >= 11 is 8.81. The predicted octanol–water partition coefficient (Wildman–Crippen LogP) is 1.16. The molecule has 0 aromatic carbocycles. The van der Waals surface area contributed by atoms with Crippen molar-refractivity contribution < 1.29 is 13.5 Å². The molecular weight excluding hydrogens is 320 g/mol. The van der Waals surface area contributed by atoms with Gasteiger partial charge in [0.05, 0.1) is 0 Å². The molecule has 0 atom stereocenters. The third kappa shape index (κ3) is 3.67. The second kappa shape index (κ2) is 5.92. The van der Waals surface area contributed by atoms with Gasteiger partial charge in [-0.2, -0.15) is 0 Å². The van der Waals surface area contributed by atoms with Crippen LogP contribution in [0.3, 0.4) is 0 Å². The van der Waals surface area contributed by atoms with Gasteiger partial charge in [0.25, 0.3) is 0 Å². The molecular formula is C8H10BrClN2O3S. The lowest BCUT2D eigenvalue weighted by atomic mass is 10.5. The number of rotatable bonds is 5. The molecule has 0 aliphatic rings. The topological polar surface area (TPSA) is 79.3 Å². The largest absolute Gasteiger partial charge is 0.396 e. The maximum absolute atomic E-state index is 11.7. The van der Waals surface area contributed by atoms with E-state index < -0.39 is 10.0 Å². The van der Waals surface area contributed by atoms with E-state index in [4.69, 9.17) is 16.7 Å². The van der Waals surface area contributed by atoms with E-state index >= 15 is 0 Å². The van der Waals surface area contributed by atoms with Crippen LogP contribution in [0.5, 0.6) is 0 Å². The third-order valence-electron chi connectivity index (χ3n) is 1.69. The van der Waals surface area contributed by atoms with Crippen molar-refractivity contribution in [2.45, 2.75) is 11.3 Å².